The highest BCUT2D eigenvalue weighted by molar-refractivity contribution is 7.99. The van der Waals surface area contributed by atoms with Crippen LogP contribution in [0, 0.1) is 12.8 Å². The van der Waals surface area contributed by atoms with Gasteiger partial charge in [-0.05, 0) is 51.7 Å². The van der Waals surface area contributed by atoms with E-state index in [0.717, 1.165) is 53.7 Å². The Morgan fingerprint density at radius 1 is 0.973 bits per heavy atom. The predicted octanol–water partition coefficient (Wildman–Crippen LogP) is 4.97. The van der Waals surface area contributed by atoms with Crippen LogP contribution >= 0.6 is 11.8 Å². The van der Waals surface area contributed by atoms with Gasteiger partial charge in [-0.2, -0.15) is 0 Å². The molecule has 5 rings (SSSR count). The molecule has 7 nitrogen and oxygen atoms in total. The van der Waals surface area contributed by atoms with Crippen LogP contribution in [0.3, 0.4) is 0 Å². The summed E-state index contributed by atoms with van der Waals surface area (Å²) in [6.07, 6.45) is 4.36. The molecule has 1 unspecified atom stereocenters. The minimum Gasteiger partial charge on any atom is -0.339 e. The fourth-order valence-electron chi connectivity index (χ4n) is 4.84. The molecule has 2 fully saturated rings. The van der Waals surface area contributed by atoms with Gasteiger partial charge in [-0.3, -0.25) is 14.2 Å². The molecule has 2 aliphatic rings. The monoisotopic (exact) mass is 517 g/mol. The molecule has 3 aromatic rings. The van der Waals surface area contributed by atoms with Gasteiger partial charge in [0.2, 0.25) is 11.8 Å². The Hall–Kier alpha value is -3.13. The third-order valence-corrected chi connectivity index (χ3v) is 8.18. The van der Waals surface area contributed by atoms with Gasteiger partial charge in [0.05, 0.1) is 0 Å². The van der Waals surface area contributed by atoms with E-state index in [1.165, 1.54) is 5.56 Å². The summed E-state index contributed by atoms with van der Waals surface area (Å²) in [6, 6.07) is 18.7. The smallest absolute Gasteiger partial charge is 0.226 e. The van der Waals surface area contributed by atoms with Crippen molar-refractivity contribution < 1.29 is 9.59 Å². The van der Waals surface area contributed by atoms with Gasteiger partial charge >= 0.3 is 0 Å². The fraction of sp³-hybridized carbons (Fsp3) is 0.448. The third-order valence-electron chi connectivity index (χ3n) is 7.16. The van der Waals surface area contributed by atoms with Crippen molar-refractivity contribution in [2.75, 3.05) is 25.4 Å². The normalized spacial score (nSPS) is 17.7. The van der Waals surface area contributed by atoms with Crippen LogP contribution in [0.5, 0.6) is 0 Å². The molecular formula is C29H35N5O2S. The first-order valence-corrected chi connectivity index (χ1v) is 14.3. The number of para-hydroxylation sites is 1. The summed E-state index contributed by atoms with van der Waals surface area (Å²) in [5.74, 6) is 2.42. The number of benzene rings is 2. The molecule has 1 atom stereocenters. The van der Waals surface area contributed by atoms with Crippen LogP contribution in [0.4, 0.5) is 0 Å². The highest BCUT2D eigenvalue weighted by Gasteiger charge is 2.37. The maximum absolute atomic E-state index is 12.8. The molecule has 1 aliphatic heterocycles. The number of hydrogen-bond acceptors (Lipinski definition) is 5. The summed E-state index contributed by atoms with van der Waals surface area (Å²) >= 11 is 1.68. The predicted molar refractivity (Wildman–Crippen MR) is 147 cm³/mol. The van der Waals surface area contributed by atoms with E-state index in [1.54, 1.807) is 11.8 Å². The minimum absolute atomic E-state index is 0.105. The quantitative estimate of drug-likeness (QED) is 0.296. The van der Waals surface area contributed by atoms with E-state index >= 15 is 0 Å². The van der Waals surface area contributed by atoms with Crippen LogP contribution in [-0.2, 0) is 9.59 Å². The Bertz CT molecular complexity index is 1220. The number of carbonyl (C=O) groups is 2. The first-order chi connectivity index (χ1) is 18.0. The lowest BCUT2D eigenvalue weighted by atomic mass is 10.1. The molecule has 1 aliphatic carbocycles. The van der Waals surface area contributed by atoms with E-state index in [9.17, 15) is 9.59 Å². The number of thioether (sulfide) groups is 1. The van der Waals surface area contributed by atoms with Crippen LogP contribution in [-0.4, -0.2) is 67.8 Å². The number of carbonyl (C=O) groups excluding carboxylic acids is 2. The summed E-state index contributed by atoms with van der Waals surface area (Å²) in [7, 11) is 0. The summed E-state index contributed by atoms with van der Waals surface area (Å²) in [4.78, 5) is 29.2. The second kappa shape index (κ2) is 11.5. The van der Waals surface area contributed by atoms with E-state index in [-0.39, 0.29) is 23.8 Å². The molecule has 37 heavy (non-hydrogen) atoms. The maximum atomic E-state index is 12.8. The van der Waals surface area contributed by atoms with Gasteiger partial charge in [0.15, 0.2) is 11.0 Å². The number of nitrogens with zero attached hydrogens (tertiary/aromatic N) is 5. The van der Waals surface area contributed by atoms with Gasteiger partial charge in [0.25, 0.3) is 0 Å². The molecule has 0 bridgehead atoms. The standard InChI is InChI=1S/C29H35N5O2S/c1-21-11-13-23(14-12-21)27-30-31-29(34(27)25-8-4-3-5-9-25)37-19-7-6-10-26(35)32-17-18-33(22(2)20-32)28(36)24-15-16-24/h3-5,8-9,11-14,22,24H,6-7,10,15-20H2,1-2H3. The van der Waals surface area contributed by atoms with Crippen molar-refractivity contribution in [3.8, 4) is 17.1 Å². The third kappa shape index (κ3) is 6.06. The molecule has 2 amide bonds. The Balaban J connectivity index is 1.14. The number of hydrogen-bond donors (Lipinski definition) is 0. The number of piperazine rings is 1. The average molecular weight is 518 g/mol. The molecule has 2 aromatic carbocycles. The zero-order chi connectivity index (χ0) is 25.8. The van der Waals surface area contributed by atoms with Crippen molar-refractivity contribution in [2.45, 2.75) is 57.1 Å². The lowest BCUT2D eigenvalue weighted by molar-refractivity contribution is -0.143. The maximum Gasteiger partial charge on any atom is 0.226 e. The number of rotatable bonds is 9. The molecule has 0 radical (unpaired) electrons. The molecule has 1 saturated heterocycles. The van der Waals surface area contributed by atoms with Crippen LogP contribution in [0.15, 0.2) is 59.8 Å². The van der Waals surface area contributed by atoms with Gasteiger partial charge in [0.1, 0.15) is 0 Å². The topological polar surface area (TPSA) is 71.3 Å². The highest BCUT2D eigenvalue weighted by atomic mass is 32.2. The van der Waals surface area contributed by atoms with Crippen molar-refractivity contribution in [3.05, 3.63) is 60.2 Å². The number of amides is 2. The van der Waals surface area contributed by atoms with E-state index < -0.39 is 0 Å². The van der Waals surface area contributed by atoms with Crippen LogP contribution in [0.25, 0.3) is 17.1 Å². The molecule has 0 N–H and O–H groups in total. The molecule has 0 spiro atoms. The van der Waals surface area contributed by atoms with Crippen molar-refractivity contribution in [1.82, 2.24) is 24.6 Å². The second-order valence-electron chi connectivity index (χ2n) is 10.1. The van der Waals surface area contributed by atoms with Crippen LogP contribution in [0.1, 0.15) is 44.6 Å². The van der Waals surface area contributed by atoms with Crippen molar-refractivity contribution in [2.24, 2.45) is 5.92 Å². The Kier molecular flexibility index (Phi) is 7.93. The van der Waals surface area contributed by atoms with E-state index in [1.807, 2.05) is 28.0 Å². The fourth-order valence-corrected chi connectivity index (χ4v) is 5.79. The zero-order valence-electron chi connectivity index (χ0n) is 21.7. The Morgan fingerprint density at radius 3 is 2.43 bits per heavy atom. The van der Waals surface area contributed by atoms with Gasteiger partial charge in [-0.15, -0.1) is 10.2 Å². The molecule has 8 heteroatoms. The molecule has 194 valence electrons. The zero-order valence-corrected chi connectivity index (χ0v) is 22.5. The number of aryl methyl sites for hydroxylation is 1. The van der Waals surface area contributed by atoms with Gasteiger partial charge < -0.3 is 9.80 Å². The van der Waals surface area contributed by atoms with Gasteiger partial charge in [-0.1, -0.05) is 59.8 Å². The lowest BCUT2D eigenvalue weighted by Crippen LogP contribution is -2.55. The Morgan fingerprint density at radius 2 is 1.73 bits per heavy atom. The first-order valence-electron chi connectivity index (χ1n) is 13.3. The summed E-state index contributed by atoms with van der Waals surface area (Å²) in [6.45, 7) is 6.10. The van der Waals surface area contributed by atoms with E-state index in [0.29, 0.717) is 26.1 Å². The van der Waals surface area contributed by atoms with Crippen molar-refractivity contribution >= 4 is 23.6 Å². The summed E-state index contributed by atoms with van der Waals surface area (Å²) in [5, 5.41) is 9.90. The molecule has 1 aromatic heterocycles. The number of unbranched alkanes of at least 4 members (excludes halogenated alkanes) is 1. The van der Waals surface area contributed by atoms with Crippen molar-refractivity contribution in [1.29, 1.82) is 0 Å². The SMILES string of the molecule is Cc1ccc(-c2nnc(SCCCCC(=O)N3CCN(C(=O)C4CC4)C(C)C3)n2-c2ccccc2)cc1. The largest absolute Gasteiger partial charge is 0.339 e. The second-order valence-corrected chi connectivity index (χ2v) is 11.2. The number of aromatic nitrogens is 3. The van der Waals surface area contributed by atoms with Crippen LogP contribution < -0.4 is 0 Å². The van der Waals surface area contributed by atoms with Gasteiger partial charge in [-0.25, -0.2) is 0 Å². The Labute approximate surface area is 223 Å². The molecule has 1 saturated carbocycles. The van der Waals surface area contributed by atoms with E-state index in [4.69, 9.17) is 0 Å². The molecular weight excluding hydrogens is 482 g/mol. The van der Waals surface area contributed by atoms with Crippen LogP contribution in [0.2, 0.25) is 0 Å². The summed E-state index contributed by atoms with van der Waals surface area (Å²) in [5.41, 5.74) is 3.28. The highest BCUT2D eigenvalue weighted by Crippen LogP contribution is 2.32. The minimum atomic E-state index is 0.105. The lowest BCUT2D eigenvalue weighted by Gasteiger charge is -2.40. The first kappa shape index (κ1) is 25.5. The van der Waals surface area contributed by atoms with E-state index in [2.05, 4.69) is 65.0 Å². The average Bonchev–Trinajstić information content (AvgIpc) is 3.68. The molecule has 2 heterocycles. The summed E-state index contributed by atoms with van der Waals surface area (Å²) < 4.78 is 2.12. The van der Waals surface area contributed by atoms with Crippen molar-refractivity contribution in [3.63, 3.8) is 0 Å². The van der Waals surface area contributed by atoms with Gasteiger partial charge in [0, 0.05) is 55.0 Å².